The van der Waals surface area contributed by atoms with Gasteiger partial charge in [0.25, 0.3) is 0 Å². The summed E-state index contributed by atoms with van der Waals surface area (Å²) in [7, 11) is 0. The summed E-state index contributed by atoms with van der Waals surface area (Å²) in [4.78, 5) is 9.69. The van der Waals surface area contributed by atoms with E-state index in [9.17, 15) is 0 Å². The molecule has 0 aliphatic carbocycles. The number of rotatable bonds is 5. The van der Waals surface area contributed by atoms with Gasteiger partial charge < -0.3 is 5.32 Å². The molecule has 2 heterocycles. The predicted octanol–water partition coefficient (Wildman–Crippen LogP) is 4.15. The van der Waals surface area contributed by atoms with Crippen molar-refractivity contribution >= 4 is 11.8 Å². The van der Waals surface area contributed by atoms with Gasteiger partial charge in [0.15, 0.2) is 0 Å². The van der Waals surface area contributed by atoms with E-state index in [1.54, 1.807) is 0 Å². The van der Waals surface area contributed by atoms with E-state index in [1.165, 1.54) is 42.0 Å². The number of aromatic nitrogens is 2. The zero-order valence-corrected chi connectivity index (χ0v) is 14.9. The Hall–Kier alpha value is -0.610. The summed E-state index contributed by atoms with van der Waals surface area (Å²) in [5.74, 6) is 2.77. The first-order valence-electron chi connectivity index (χ1n) is 8.19. The van der Waals surface area contributed by atoms with Gasteiger partial charge in [-0.15, -0.1) is 0 Å². The quantitative estimate of drug-likeness (QED) is 0.886. The zero-order valence-electron chi connectivity index (χ0n) is 14.1. The average Bonchev–Trinajstić information content (AvgIpc) is 2.45. The topological polar surface area (TPSA) is 37.8 Å². The van der Waals surface area contributed by atoms with Gasteiger partial charge in [-0.3, -0.25) is 0 Å². The number of thioether (sulfide) groups is 1. The Morgan fingerprint density at radius 1 is 1.14 bits per heavy atom. The van der Waals surface area contributed by atoms with Crippen molar-refractivity contribution in [1.82, 2.24) is 15.3 Å². The molecule has 0 aromatic carbocycles. The molecule has 0 amide bonds. The summed E-state index contributed by atoms with van der Waals surface area (Å²) >= 11 is 2.02. The molecule has 1 aliphatic heterocycles. The molecule has 0 bridgehead atoms. The van der Waals surface area contributed by atoms with E-state index in [2.05, 4.69) is 39.9 Å². The lowest BCUT2D eigenvalue weighted by Crippen LogP contribution is -2.28. The first-order valence-corrected chi connectivity index (χ1v) is 9.24. The van der Waals surface area contributed by atoms with Crippen molar-refractivity contribution in [2.75, 3.05) is 12.3 Å². The Morgan fingerprint density at radius 2 is 1.81 bits per heavy atom. The molecule has 21 heavy (non-hydrogen) atoms. The molecule has 0 saturated carbocycles. The smallest absolute Gasteiger partial charge is 0.141 e. The normalized spacial score (nSPS) is 20.8. The van der Waals surface area contributed by atoms with Crippen LogP contribution in [0, 0.1) is 13.8 Å². The van der Waals surface area contributed by atoms with Crippen molar-refractivity contribution in [3.05, 3.63) is 22.8 Å². The molecule has 1 fully saturated rings. The van der Waals surface area contributed by atoms with Crippen LogP contribution in [-0.4, -0.2) is 28.3 Å². The van der Waals surface area contributed by atoms with Gasteiger partial charge in [0.2, 0.25) is 0 Å². The number of hydrogen-bond donors (Lipinski definition) is 1. The Kier molecular flexibility index (Phi) is 6.06. The second-order valence-corrected chi connectivity index (χ2v) is 7.80. The third-order valence-electron chi connectivity index (χ3n) is 4.14. The minimum absolute atomic E-state index is 0.459. The van der Waals surface area contributed by atoms with Crippen LogP contribution in [0.3, 0.4) is 0 Å². The molecular weight excluding hydrogens is 278 g/mol. The molecule has 1 aromatic rings. The molecule has 2 rings (SSSR count). The number of nitrogens with one attached hydrogen (secondary N) is 1. The van der Waals surface area contributed by atoms with Gasteiger partial charge in [0.1, 0.15) is 5.82 Å². The first kappa shape index (κ1) is 16.8. The maximum absolute atomic E-state index is 4.85. The summed E-state index contributed by atoms with van der Waals surface area (Å²) in [6.45, 7) is 11.9. The third-order valence-corrected chi connectivity index (χ3v) is 5.51. The second-order valence-electron chi connectivity index (χ2n) is 6.49. The van der Waals surface area contributed by atoms with Crippen molar-refractivity contribution < 1.29 is 0 Å². The Morgan fingerprint density at radius 3 is 2.33 bits per heavy atom. The van der Waals surface area contributed by atoms with E-state index in [0.29, 0.717) is 17.2 Å². The summed E-state index contributed by atoms with van der Waals surface area (Å²) in [6.07, 6.45) is 3.89. The summed E-state index contributed by atoms with van der Waals surface area (Å²) in [5.41, 5.74) is 3.66. The summed E-state index contributed by atoms with van der Waals surface area (Å²) < 4.78 is 0. The molecule has 1 N–H and O–H groups in total. The number of hydrogen-bond acceptors (Lipinski definition) is 4. The summed E-state index contributed by atoms with van der Waals surface area (Å²) in [5, 5.41) is 4.03. The molecule has 1 aliphatic rings. The molecule has 0 spiro atoms. The van der Waals surface area contributed by atoms with Crippen molar-refractivity contribution in [1.29, 1.82) is 0 Å². The van der Waals surface area contributed by atoms with Crippen LogP contribution in [0.5, 0.6) is 0 Å². The highest BCUT2D eigenvalue weighted by molar-refractivity contribution is 7.99. The molecule has 4 heteroatoms. The van der Waals surface area contributed by atoms with E-state index in [-0.39, 0.29) is 0 Å². The van der Waals surface area contributed by atoms with E-state index in [0.717, 1.165) is 12.4 Å². The van der Waals surface area contributed by atoms with Crippen molar-refractivity contribution in [3.63, 3.8) is 0 Å². The highest BCUT2D eigenvalue weighted by atomic mass is 32.2. The van der Waals surface area contributed by atoms with E-state index >= 15 is 0 Å². The average molecular weight is 308 g/mol. The second kappa shape index (κ2) is 7.59. The number of nitrogens with zero attached hydrogens (tertiary/aromatic N) is 2. The predicted molar refractivity (Wildman–Crippen MR) is 92.1 cm³/mol. The lowest BCUT2D eigenvalue weighted by Gasteiger charge is -2.23. The fraction of sp³-hybridized carbons (Fsp3) is 0.765. The summed E-state index contributed by atoms with van der Waals surface area (Å²) in [6, 6.07) is 0.520. The number of aryl methyl sites for hydroxylation is 2. The Balaban J connectivity index is 2.16. The highest BCUT2D eigenvalue weighted by Crippen LogP contribution is 2.37. The monoisotopic (exact) mass is 307 g/mol. The standard InChI is InChI=1S/C17H29N3S/c1-11(2)18-10-12(3)16-13(4)19-17(20-14(16)5)15-8-6-7-9-21-15/h11-12,15,18H,6-10H2,1-5H3. The van der Waals surface area contributed by atoms with Gasteiger partial charge in [0, 0.05) is 24.0 Å². The van der Waals surface area contributed by atoms with Crippen molar-refractivity contribution in [2.24, 2.45) is 0 Å². The molecule has 1 saturated heterocycles. The van der Waals surface area contributed by atoms with Crippen molar-refractivity contribution in [2.45, 2.75) is 71.1 Å². The zero-order chi connectivity index (χ0) is 15.4. The fourth-order valence-corrected chi connectivity index (χ4v) is 4.31. The minimum Gasteiger partial charge on any atom is -0.314 e. The van der Waals surface area contributed by atoms with Gasteiger partial charge in [0.05, 0.1) is 5.25 Å². The molecule has 2 atom stereocenters. The fourth-order valence-electron chi connectivity index (χ4n) is 3.07. The van der Waals surface area contributed by atoms with E-state index in [4.69, 9.17) is 9.97 Å². The van der Waals surface area contributed by atoms with Crippen LogP contribution in [0.4, 0.5) is 0 Å². The third kappa shape index (κ3) is 4.43. The lowest BCUT2D eigenvalue weighted by molar-refractivity contribution is 0.542. The van der Waals surface area contributed by atoms with Crippen LogP contribution in [0.15, 0.2) is 0 Å². The molecular formula is C17H29N3S. The van der Waals surface area contributed by atoms with Gasteiger partial charge in [-0.2, -0.15) is 11.8 Å². The van der Waals surface area contributed by atoms with Crippen LogP contribution in [0.25, 0.3) is 0 Å². The van der Waals surface area contributed by atoms with Crippen LogP contribution < -0.4 is 5.32 Å². The first-order chi connectivity index (χ1) is 9.99. The van der Waals surface area contributed by atoms with Crippen LogP contribution >= 0.6 is 11.8 Å². The van der Waals surface area contributed by atoms with Gasteiger partial charge in [-0.05, 0) is 43.9 Å². The van der Waals surface area contributed by atoms with Crippen molar-refractivity contribution in [3.8, 4) is 0 Å². The van der Waals surface area contributed by atoms with Crippen LogP contribution in [0.2, 0.25) is 0 Å². The Labute approximate surface area is 133 Å². The molecule has 2 unspecified atom stereocenters. The maximum atomic E-state index is 4.85. The minimum atomic E-state index is 0.459. The van der Waals surface area contributed by atoms with Gasteiger partial charge in [-0.25, -0.2) is 9.97 Å². The highest BCUT2D eigenvalue weighted by Gasteiger charge is 2.22. The molecule has 0 radical (unpaired) electrons. The SMILES string of the molecule is Cc1nc(C2CCCCS2)nc(C)c1C(C)CNC(C)C. The van der Waals surface area contributed by atoms with Crippen LogP contribution in [0.1, 0.15) is 74.0 Å². The molecule has 3 nitrogen and oxygen atoms in total. The molecule has 1 aromatic heterocycles. The Bertz CT molecular complexity index is 444. The maximum Gasteiger partial charge on any atom is 0.141 e. The molecule has 118 valence electrons. The lowest BCUT2D eigenvalue weighted by atomic mass is 9.97. The van der Waals surface area contributed by atoms with Crippen LogP contribution in [-0.2, 0) is 0 Å². The largest absolute Gasteiger partial charge is 0.314 e. The van der Waals surface area contributed by atoms with Gasteiger partial charge in [-0.1, -0.05) is 27.2 Å². The van der Waals surface area contributed by atoms with E-state index < -0.39 is 0 Å². The van der Waals surface area contributed by atoms with Gasteiger partial charge >= 0.3 is 0 Å². The van der Waals surface area contributed by atoms with E-state index in [1.807, 2.05) is 11.8 Å².